The van der Waals surface area contributed by atoms with Gasteiger partial charge in [0, 0.05) is 25.5 Å². The normalized spacial score (nSPS) is 10.3. The van der Waals surface area contributed by atoms with Crippen LogP contribution >= 0.6 is 0 Å². The fraction of sp³-hybridized carbons (Fsp3) is 0.333. The van der Waals surface area contributed by atoms with Crippen LogP contribution in [0, 0.1) is 0 Å². The van der Waals surface area contributed by atoms with Crippen LogP contribution in [-0.2, 0) is 17.6 Å². The maximum absolute atomic E-state index is 12.4. The molecule has 0 saturated carbocycles. The van der Waals surface area contributed by atoms with E-state index in [0.717, 1.165) is 30.8 Å². The minimum atomic E-state index is 0.154. The minimum Gasteiger partial charge on any atom is -0.497 e. The standard InChI is InChI=1S/C18H22N2O2/c1-3-20(13-10-15-8-11-19-12-9-15)18(21)14-16-4-6-17(22-2)7-5-16/h4-9,11-12H,3,10,13-14H2,1-2H3. The van der Waals surface area contributed by atoms with Crippen molar-refractivity contribution in [3.8, 4) is 5.75 Å². The Hall–Kier alpha value is -2.36. The zero-order valence-electron chi connectivity index (χ0n) is 13.2. The lowest BCUT2D eigenvalue weighted by Gasteiger charge is -2.21. The Bertz CT molecular complexity index is 582. The molecule has 0 aliphatic rings. The molecule has 0 aliphatic carbocycles. The topological polar surface area (TPSA) is 42.4 Å². The second-order valence-corrected chi connectivity index (χ2v) is 5.10. The van der Waals surface area contributed by atoms with Crippen LogP contribution in [-0.4, -0.2) is 36.0 Å². The van der Waals surface area contributed by atoms with Gasteiger partial charge in [-0.15, -0.1) is 0 Å². The Morgan fingerprint density at radius 3 is 2.36 bits per heavy atom. The zero-order valence-corrected chi connectivity index (χ0v) is 13.2. The average molecular weight is 298 g/mol. The van der Waals surface area contributed by atoms with Crippen molar-refractivity contribution in [2.24, 2.45) is 0 Å². The van der Waals surface area contributed by atoms with Gasteiger partial charge in [0.2, 0.25) is 5.91 Å². The lowest BCUT2D eigenvalue weighted by atomic mass is 10.1. The fourth-order valence-electron chi connectivity index (χ4n) is 2.30. The molecule has 0 saturated heterocycles. The van der Waals surface area contributed by atoms with E-state index in [1.165, 1.54) is 5.56 Å². The summed E-state index contributed by atoms with van der Waals surface area (Å²) in [5, 5.41) is 0. The Morgan fingerprint density at radius 1 is 1.09 bits per heavy atom. The van der Waals surface area contributed by atoms with Gasteiger partial charge < -0.3 is 9.64 Å². The van der Waals surface area contributed by atoms with Crippen molar-refractivity contribution in [2.45, 2.75) is 19.8 Å². The summed E-state index contributed by atoms with van der Waals surface area (Å²) >= 11 is 0. The van der Waals surface area contributed by atoms with Gasteiger partial charge in [-0.25, -0.2) is 0 Å². The van der Waals surface area contributed by atoms with Gasteiger partial charge in [0.1, 0.15) is 5.75 Å². The molecule has 0 spiro atoms. The SMILES string of the molecule is CCN(CCc1ccncc1)C(=O)Cc1ccc(OC)cc1. The summed E-state index contributed by atoms with van der Waals surface area (Å²) in [5.74, 6) is 0.961. The van der Waals surface area contributed by atoms with E-state index >= 15 is 0 Å². The number of nitrogens with zero attached hydrogens (tertiary/aromatic N) is 2. The number of pyridine rings is 1. The molecule has 116 valence electrons. The van der Waals surface area contributed by atoms with Crippen LogP contribution in [0.4, 0.5) is 0 Å². The van der Waals surface area contributed by atoms with Crippen molar-refractivity contribution in [3.05, 3.63) is 59.9 Å². The number of benzene rings is 1. The largest absolute Gasteiger partial charge is 0.497 e. The van der Waals surface area contributed by atoms with Crippen molar-refractivity contribution in [2.75, 3.05) is 20.2 Å². The van der Waals surface area contributed by atoms with Crippen molar-refractivity contribution >= 4 is 5.91 Å². The average Bonchev–Trinajstić information content (AvgIpc) is 2.57. The number of carbonyl (C=O) groups excluding carboxylic acids is 1. The highest BCUT2D eigenvalue weighted by atomic mass is 16.5. The number of ether oxygens (including phenoxy) is 1. The highest BCUT2D eigenvalue weighted by Crippen LogP contribution is 2.12. The summed E-state index contributed by atoms with van der Waals surface area (Å²) in [7, 11) is 1.64. The first kappa shape index (κ1) is 16.0. The molecule has 0 bridgehead atoms. The first-order valence-electron chi connectivity index (χ1n) is 7.52. The second-order valence-electron chi connectivity index (χ2n) is 5.10. The second kappa shape index (κ2) is 8.17. The van der Waals surface area contributed by atoms with Crippen molar-refractivity contribution < 1.29 is 9.53 Å². The molecule has 4 nitrogen and oxygen atoms in total. The number of carbonyl (C=O) groups is 1. The molecule has 0 N–H and O–H groups in total. The molecule has 2 aromatic rings. The molecule has 22 heavy (non-hydrogen) atoms. The lowest BCUT2D eigenvalue weighted by molar-refractivity contribution is -0.130. The molecule has 0 aliphatic heterocycles. The van der Waals surface area contributed by atoms with Crippen LogP contribution in [0.25, 0.3) is 0 Å². The van der Waals surface area contributed by atoms with Crippen molar-refractivity contribution in [1.29, 1.82) is 0 Å². The monoisotopic (exact) mass is 298 g/mol. The molecule has 1 aromatic carbocycles. The van der Waals surface area contributed by atoms with Crippen LogP contribution < -0.4 is 4.74 Å². The highest BCUT2D eigenvalue weighted by molar-refractivity contribution is 5.78. The fourth-order valence-corrected chi connectivity index (χ4v) is 2.30. The molecule has 1 aromatic heterocycles. The third-order valence-corrected chi connectivity index (χ3v) is 3.67. The number of rotatable bonds is 7. The predicted molar refractivity (Wildman–Crippen MR) is 86.9 cm³/mol. The van der Waals surface area contributed by atoms with Gasteiger partial charge >= 0.3 is 0 Å². The number of hydrogen-bond donors (Lipinski definition) is 0. The molecule has 0 unspecified atom stereocenters. The number of aromatic nitrogens is 1. The van der Waals surface area contributed by atoms with Gasteiger partial charge in [-0.2, -0.15) is 0 Å². The quantitative estimate of drug-likeness (QED) is 0.789. The van der Waals surface area contributed by atoms with Crippen LogP contribution in [0.2, 0.25) is 0 Å². The predicted octanol–water partition coefficient (Wildman–Crippen LogP) is 2.72. The number of amides is 1. The zero-order chi connectivity index (χ0) is 15.8. The van der Waals surface area contributed by atoms with Gasteiger partial charge in [-0.3, -0.25) is 9.78 Å². The Labute approximate surface area is 131 Å². The van der Waals surface area contributed by atoms with Crippen LogP contribution in [0.5, 0.6) is 5.75 Å². The lowest BCUT2D eigenvalue weighted by Crippen LogP contribution is -2.33. The first-order chi connectivity index (χ1) is 10.7. The van der Waals surface area contributed by atoms with E-state index in [-0.39, 0.29) is 5.91 Å². The summed E-state index contributed by atoms with van der Waals surface area (Å²) in [5.41, 5.74) is 2.21. The van der Waals surface area contributed by atoms with E-state index in [1.54, 1.807) is 19.5 Å². The van der Waals surface area contributed by atoms with Crippen LogP contribution in [0.1, 0.15) is 18.1 Å². The number of hydrogen-bond acceptors (Lipinski definition) is 3. The molecule has 0 fully saturated rings. The maximum Gasteiger partial charge on any atom is 0.226 e. The van der Waals surface area contributed by atoms with Crippen LogP contribution in [0.3, 0.4) is 0 Å². The Morgan fingerprint density at radius 2 is 1.77 bits per heavy atom. The van der Waals surface area contributed by atoms with Crippen molar-refractivity contribution in [3.63, 3.8) is 0 Å². The van der Waals surface area contributed by atoms with E-state index in [0.29, 0.717) is 6.42 Å². The summed E-state index contributed by atoms with van der Waals surface area (Å²) in [6.45, 7) is 3.47. The maximum atomic E-state index is 12.4. The molecule has 0 atom stereocenters. The van der Waals surface area contributed by atoms with Gasteiger partial charge in [0.25, 0.3) is 0 Å². The third kappa shape index (κ3) is 4.58. The summed E-state index contributed by atoms with van der Waals surface area (Å²) in [6.07, 6.45) is 4.84. The molecule has 0 radical (unpaired) electrons. The summed E-state index contributed by atoms with van der Waals surface area (Å²) < 4.78 is 5.13. The molecule has 4 heteroatoms. The molecular weight excluding hydrogens is 276 g/mol. The van der Waals surface area contributed by atoms with E-state index in [1.807, 2.05) is 48.2 Å². The third-order valence-electron chi connectivity index (χ3n) is 3.67. The smallest absolute Gasteiger partial charge is 0.226 e. The van der Waals surface area contributed by atoms with Gasteiger partial charge in [-0.05, 0) is 48.7 Å². The van der Waals surface area contributed by atoms with Crippen LogP contribution in [0.15, 0.2) is 48.8 Å². The number of methoxy groups -OCH3 is 1. The molecule has 2 rings (SSSR count). The van der Waals surface area contributed by atoms with Gasteiger partial charge in [0.05, 0.1) is 13.5 Å². The summed E-state index contributed by atoms with van der Waals surface area (Å²) in [4.78, 5) is 18.3. The Kier molecular flexibility index (Phi) is 5.95. The Balaban J connectivity index is 1.90. The molecular formula is C18H22N2O2. The minimum absolute atomic E-state index is 0.154. The molecule has 1 amide bonds. The number of likely N-dealkylation sites (N-methyl/N-ethyl adjacent to an activating group) is 1. The van der Waals surface area contributed by atoms with Gasteiger partial charge in [-0.1, -0.05) is 12.1 Å². The highest BCUT2D eigenvalue weighted by Gasteiger charge is 2.12. The first-order valence-corrected chi connectivity index (χ1v) is 7.52. The van der Waals surface area contributed by atoms with Crippen molar-refractivity contribution in [1.82, 2.24) is 9.88 Å². The van der Waals surface area contributed by atoms with Gasteiger partial charge in [0.15, 0.2) is 0 Å². The molecule has 1 heterocycles. The van der Waals surface area contributed by atoms with E-state index in [4.69, 9.17) is 4.74 Å². The summed E-state index contributed by atoms with van der Waals surface area (Å²) in [6, 6.07) is 11.6. The van der Waals surface area contributed by atoms with E-state index in [2.05, 4.69) is 4.98 Å². The van der Waals surface area contributed by atoms with E-state index in [9.17, 15) is 4.79 Å². The van der Waals surface area contributed by atoms with E-state index < -0.39 is 0 Å².